The average Bonchev–Trinajstić information content (AvgIpc) is 2.50. The highest BCUT2D eigenvalue weighted by Gasteiger charge is 2.17. The first-order valence-corrected chi connectivity index (χ1v) is 4.89. The number of hydrogen-bond acceptors (Lipinski definition) is 4. The molecule has 0 amide bonds. The molecule has 0 aliphatic carbocycles. The van der Waals surface area contributed by atoms with Gasteiger partial charge in [-0.3, -0.25) is 0 Å². The zero-order valence-corrected chi connectivity index (χ0v) is 8.77. The van der Waals surface area contributed by atoms with Crippen LogP contribution in [0.3, 0.4) is 0 Å². The molecule has 0 radical (unpaired) electrons. The molecule has 1 aliphatic heterocycles. The van der Waals surface area contributed by atoms with Crippen LogP contribution in [0, 0.1) is 0 Å². The van der Waals surface area contributed by atoms with Crippen molar-refractivity contribution >= 4 is 11.8 Å². The van der Waals surface area contributed by atoms with Crippen molar-refractivity contribution < 1.29 is 0 Å². The lowest BCUT2D eigenvalue weighted by Crippen LogP contribution is -2.45. The zero-order valence-electron chi connectivity index (χ0n) is 8.77. The van der Waals surface area contributed by atoms with Crippen molar-refractivity contribution in [2.45, 2.75) is 0 Å². The molecule has 0 unspecified atom stereocenters. The normalized spacial score (nSPS) is 18.9. The summed E-state index contributed by atoms with van der Waals surface area (Å²) in [6.07, 6.45) is 1.72. The van der Waals surface area contributed by atoms with Gasteiger partial charge in [0.2, 0.25) is 5.95 Å². The minimum absolute atomic E-state index is 0.721. The van der Waals surface area contributed by atoms with Gasteiger partial charge in [-0.15, -0.1) is 0 Å². The fourth-order valence-corrected chi connectivity index (χ4v) is 1.71. The molecule has 1 saturated heterocycles. The average molecular weight is 195 g/mol. The summed E-state index contributed by atoms with van der Waals surface area (Å²) in [7, 11) is 4.10. The van der Waals surface area contributed by atoms with Gasteiger partial charge in [-0.05, 0) is 7.05 Å². The molecule has 14 heavy (non-hydrogen) atoms. The van der Waals surface area contributed by atoms with Crippen LogP contribution in [0.5, 0.6) is 0 Å². The van der Waals surface area contributed by atoms with Crippen molar-refractivity contribution in [3.8, 4) is 0 Å². The molecule has 0 bridgehead atoms. The Balaban J connectivity index is 2.12. The number of imidazole rings is 1. The lowest BCUT2D eigenvalue weighted by molar-refractivity contribution is 0.310. The van der Waals surface area contributed by atoms with Gasteiger partial charge in [0, 0.05) is 33.2 Å². The van der Waals surface area contributed by atoms with Crippen molar-refractivity contribution in [2.24, 2.45) is 7.05 Å². The molecule has 0 saturated carbocycles. The van der Waals surface area contributed by atoms with Crippen LogP contribution < -0.4 is 10.6 Å². The number of hydrogen-bond donors (Lipinski definition) is 1. The van der Waals surface area contributed by atoms with Gasteiger partial charge in [0.1, 0.15) is 5.82 Å². The fraction of sp³-hybridized carbons (Fsp3) is 0.667. The third-order valence-corrected chi connectivity index (χ3v) is 2.79. The van der Waals surface area contributed by atoms with E-state index in [4.69, 9.17) is 5.73 Å². The number of nitrogens with two attached hydrogens (primary N) is 1. The predicted molar refractivity (Wildman–Crippen MR) is 57.3 cm³/mol. The van der Waals surface area contributed by atoms with Crippen molar-refractivity contribution in [1.29, 1.82) is 0 Å². The lowest BCUT2D eigenvalue weighted by Gasteiger charge is -2.32. The predicted octanol–water partition coefficient (Wildman–Crippen LogP) is -0.246. The smallest absolute Gasteiger partial charge is 0.206 e. The Kier molecular flexibility index (Phi) is 2.33. The first kappa shape index (κ1) is 9.33. The summed E-state index contributed by atoms with van der Waals surface area (Å²) in [5.41, 5.74) is 5.74. The van der Waals surface area contributed by atoms with E-state index in [1.165, 1.54) is 0 Å². The van der Waals surface area contributed by atoms with Gasteiger partial charge in [-0.2, -0.15) is 0 Å². The second-order valence-electron chi connectivity index (χ2n) is 3.83. The summed E-state index contributed by atoms with van der Waals surface area (Å²) in [6, 6.07) is 0. The number of piperazine rings is 1. The van der Waals surface area contributed by atoms with Crippen LogP contribution in [0.2, 0.25) is 0 Å². The first-order chi connectivity index (χ1) is 6.68. The Labute approximate surface area is 84.1 Å². The number of aromatic nitrogens is 2. The van der Waals surface area contributed by atoms with E-state index < -0.39 is 0 Å². The van der Waals surface area contributed by atoms with E-state index in [-0.39, 0.29) is 0 Å². The second-order valence-corrected chi connectivity index (χ2v) is 3.83. The van der Waals surface area contributed by atoms with Gasteiger partial charge in [0.15, 0.2) is 0 Å². The van der Waals surface area contributed by atoms with E-state index >= 15 is 0 Å². The van der Waals surface area contributed by atoms with Crippen LogP contribution in [0.4, 0.5) is 11.8 Å². The highest BCUT2D eigenvalue weighted by Crippen LogP contribution is 2.16. The van der Waals surface area contributed by atoms with Crippen LogP contribution in [0.1, 0.15) is 0 Å². The number of nitrogen functional groups attached to an aromatic ring is 1. The van der Waals surface area contributed by atoms with Crippen LogP contribution in [-0.2, 0) is 7.05 Å². The fourth-order valence-electron chi connectivity index (χ4n) is 1.71. The monoisotopic (exact) mass is 195 g/mol. The highest BCUT2D eigenvalue weighted by atomic mass is 15.4. The molecule has 1 aliphatic rings. The summed E-state index contributed by atoms with van der Waals surface area (Å²) in [4.78, 5) is 8.91. The maximum absolute atomic E-state index is 5.74. The quantitative estimate of drug-likeness (QED) is 0.671. The maximum atomic E-state index is 5.74. The molecule has 0 spiro atoms. The maximum Gasteiger partial charge on any atom is 0.206 e. The number of anilines is 2. The van der Waals surface area contributed by atoms with Crippen molar-refractivity contribution in [3.05, 3.63) is 6.20 Å². The molecule has 0 aromatic carbocycles. The topological polar surface area (TPSA) is 50.3 Å². The van der Waals surface area contributed by atoms with Crippen LogP contribution in [0.15, 0.2) is 6.20 Å². The highest BCUT2D eigenvalue weighted by molar-refractivity contribution is 5.42. The van der Waals surface area contributed by atoms with Crippen LogP contribution in [-0.4, -0.2) is 47.7 Å². The molecule has 2 N–H and O–H groups in total. The Morgan fingerprint density at radius 1 is 1.21 bits per heavy atom. The molecular formula is C9H17N5. The SMILES string of the molecule is CN1CCN(c2ncc(N)n2C)CC1. The minimum atomic E-state index is 0.721. The van der Waals surface area contributed by atoms with E-state index in [0.29, 0.717) is 0 Å². The Morgan fingerprint density at radius 2 is 1.86 bits per heavy atom. The number of nitrogens with zero attached hydrogens (tertiary/aromatic N) is 4. The summed E-state index contributed by atoms with van der Waals surface area (Å²) in [6.45, 7) is 4.24. The van der Waals surface area contributed by atoms with E-state index in [1.54, 1.807) is 6.20 Å². The van der Waals surface area contributed by atoms with E-state index in [9.17, 15) is 0 Å². The molecule has 2 heterocycles. The minimum Gasteiger partial charge on any atom is -0.384 e. The first-order valence-electron chi connectivity index (χ1n) is 4.89. The Morgan fingerprint density at radius 3 is 2.36 bits per heavy atom. The molecule has 5 heteroatoms. The van der Waals surface area contributed by atoms with Crippen molar-refractivity contribution in [2.75, 3.05) is 43.9 Å². The van der Waals surface area contributed by atoms with E-state index in [2.05, 4.69) is 21.8 Å². The van der Waals surface area contributed by atoms with Crippen molar-refractivity contribution in [1.82, 2.24) is 14.5 Å². The molecule has 1 aromatic heterocycles. The van der Waals surface area contributed by atoms with Crippen LogP contribution in [0.25, 0.3) is 0 Å². The Hall–Kier alpha value is -1.23. The van der Waals surface area contributed by atoms with Crippen LogP contribution >= 0.6 is 0 Å². The largest absolute Gasteiger partial charge is 0.384 e. The molecule has 1 fully saturated rings. The van der Waals surface area contributed by atoms with Crippen molar-refractivity contribution in [3.63, 3.8) is 0 Å². The third-order valence-electron chi connectivity index (χ3n) is 2.79. The molecule has 78 valence electrons. The summed E-state index contributed by atoms with van der Waals surface area (Å²) in [5.74, 6) is 1.70. The molecule has 0 atom stereocenters. The summed E-state index contributed by atoms with van der Waals surface area (Å²) < 4.78 is 1.94. The van der Waals surface area contributed by atoms with Gasteiger partial charge in [-0.1, -0.05) is 0 Å². The van der Waals surface area contributed by atoms with E-state index in [0.717, 1.165) is 37.9 Å². The standard InChI is InChI=1S/C9H17N5/c1-12-3-5-14(6-4-12)9-11-7-8(10)13(9)2/h7H,3-6,10H2,1-2H3. The lowest BCUT2D eigenvalue weighted by atomic mass is 10.3. The summed E-state index contributed by atoms with van der Waals surface area (Å²) >= 11 is 0. The summed E-state index contributed by atoms with van der Waals surface area (Å²) in [5, 5.41) is 0. The van der Waals surface area contributed by atoms with E-state index in [1.807, 2.05) is 11.6 Å². The molecular weight excluding hydrogens is 178 g/mol. The second kappa shape index (κ2) is 3.49. The molecule has 2 rings (SSSR count). The van der Waals surface area contributed by atoms with Gasteiger partial charge >= 0.3 is 0 Å². The third kappa shape index (κ3) is 1.55. The van der Waals surface area contributed by atoms with Gasteiger partial charge in [-0.25, -0.2) is 4.98 Å². The zero-order chi connectivity index (χ0) is 10.1. The molecule has 5 nitrogen and oxygen atoms in total. The number of likely N-dealkylation sites (N-methyl/N-ethyl adjacent to an activating group) is 1. The van der Waals surface area contributed by atoms with Gasteiger partial charge < -0.3 is 20.1 Å². The van der Waals surface area contributed by atoms with Gasteiger partial charge in [0.05, 0.1) is 6.20 Å². The van der Waals surface area contributed by atoms with Gasteiger partial charge in [0.25, 0.3) is 0 Å². The number of rotatable bonds is 1. The molecule has 1 aromatic rings. The Bertz CT molecular complexity index is 311.